The van der Waals surface area contributed by atoms with Crippen molar-refractivity contribution in [2.75, 3.05) is 6.61 Å². The van der Waals surface area contributed by atoms with Crippen LogP contribution in [-0.4, -0.2) is 21.4 Å². The molecule has 0 fully saturated rings. The summed E-state index contributed by atoms with van der Waals surface area (Å²) in [5, 5.41) is 4.82. The summed E-state index contributed by atoms with van der Waals surface area (Å²) in [5.74, 6) is -0.653. The highest BCUT2D eigenvalue weighted by atomic mass is 127. The van der Waals surface area contributed by atoms with Gasteiger partial charge in [-0.2, -0.15) is 5.10 Å². The topological polar surface area (TPSA) is 39.9 Å². The minimum atomic E-state index is -0.854. The summed E-state index contributed by atoms with van der Waals surface area (Å²) < 4.78 is 35.0. The molecule has 0 aliphatic carbocycles. The molecule has 1 unspecified atom stereocenters. The van der Waals surface area contributed by atoms with E-state index in [0.29, 0.717) is 22.9 Å². The second-order valence-corrected chi connectivity index (χ2v) is 10.4. The van der Waals surface area contributed by atoms with Crippen LogP contribution in [0.4, 0.5) is 8.78 Å². The van der Waals surface area contributed by atoms with Crippen LogP contribution < -0.4 is 4.74 Å². The van der Waals surface area contributed by atoms with Crippen LogP contribution in [0.2, 0.25) is 5.02 Å². The lowest BCUT2D eigenvalue weighted by atomic mass is 9.99. The third kappa shape index (κ3) is 6.55. The molecular formula is C27H21ClF2IN3O. The molecule has 0 saturated carbocycles. The summed E-state index contributed by atoms with van der Waals surface area (Å²) in [6, 6.07) is 18.6. The molecule has 0 amide bonds. The van der Waals surface area contributed by atoms with Gasteiger partial charge in [0.05, 0.1) is 6.54 Å². The number of halogens is 4. The summed E-state index contributed by atoms with van der Waals surface area (Å²) in [7, 11) is 0. The first-order valence-electron chi connectivity index (χ1n) is 10.6. The fourth-order valence-electron chi connectivity index (χ4n) is 3.46. The van der Waals surface area contributed by atoms with Gasteiger partial charge in [0, 0.05) is 16.7 Å². The van der Waals surface area contributed by atoms with Crippen LogP contribution in [0.15, 0.2) is 92.0 Å². The van der Waals surface area contributed by atoms with Crippen molar-refractivity contribution in [2.45, 2.75) is 9.97 Å². The van der Waals surface area contributed by atoms with Crippen LogP contribution in [0.25, 0.3) is 11.6 Å². The number of alkyl halides is 1. The van der Waals surface area contributed by atoms with E-state index < -0.39 is 15.1 Å². The van der Waals surface area contributed by atoms with Gasteiger partial charge in [-0.1, -0.05) is 83.3 Å². The third-order valence-electron chi connectivity index (χ3n) is 5.33. The molecule has 0 spiro atoms. The smallest absolute Gasteiger partial charge is 0.137 e. The largest absolute Gasteiger partial charge is 0.492 e. The van der Waals surface area contributed by atoms with Crippen LogP contribution in [0, 0.1) is 11.6 Å². The lowest BCUT2D eigenvalue weighted by Gasteiger charge is -2.28. The van der Waals surface area contributed by atoms with E-state index in [0.717, 1.165) is 22.8 Å². The summed E-state index contributed by atoms with van der Waals surface area (Å²) in [4.78, 5) is 3.95. The van der Waals surface area contributed by atoms with E-state index in [4.69, 9.17) is 16.3 Å². The van der Waals surface area contributed by atoms with Crippen molar-refractivity contribution < 1.29 is 13.5 Å². The van der Waals surface area contributed by atoms with Gasteiger partial charge in [-0.25, -0.2) is 13.8 Å². The quantitative estimate of drug-likeness (QED) is 0.114. The van der Waals surface area contributed by atoms with Crippen molar-refractivity contribution in [3.8, 4) is 5.75 Å². The van der Waals surface area contributed by atoms with Gasteiger partial charge < -0.3 is 4.74 Å². The monoisotopic (exact) mass is 603 g/mol. The van der Waals surface area contributed by atoms with Gasteiger partial charge in [0.2, 0.25) is 0 Å². The molecule has 0 N–H and O–H groups in total. The predicted octanol–water partition coefficient (Wildman–Crippen LogP) is 7.35. The highest BCUT2D eigenvalue weighted by molar-refractivity contribution is 14.1. The number of hydrogen-bond acceptors (Lipinski definition) is 3. The van der Waals surface area contributed by atoms with Gasteiger partial charge >= 0.3 is 0 Å². The average molecular weight is 604 g/mol. The number of allylic oxidation sites excluding steroid dienone is 2. The summed E-state index contributed by atoms with van der Waals surface area (Å²) in [6.07, 6.45) is 6.86. The lowest BCUT2D eigenvalue weighted by Crippen LogP contribution is -2.33. The van der Waals surface area contributed by atoms with Crippen molar-refractivity contribution in [1.29, 1.82) is 0 Å². The zero-order chi connectivity index (χ0) is 24.8. The molecule has 0 aliphatic rings. The normalized spacial score (nSPS) is 13.0. The average Bonchev–Trinajstić information content (AvgIpc) is 3.35. The molecule has 4 rings (SSSR count). The Balaban J connectivity index is 1.47. The van der Waals surface area contributed by atoms with E-state index in [1.807, 2.05) is 60.7 Å². The van der Waals surface area contributed by atoms with E-state index in [-0.39, 0.29) is 6.61 Å². The number of benzene rings is 3. The molecule has 4 nitrogen and oxygen atoms in total. The van der Waals surface area contributed by atoms with E-state index in [1.54, 1.807) is 11.0 Å². The molecule has 1 heterocycles. The number of aromatic nitrogens is 3. The zero-order valence-electron chi connectivity index (χ0n) is 18.5. The molecule has 0 bridgehead atoms. The first-order chi connectivity index (χ1) is 16.8. The Morgan fingerprint density at radius 1 is 1.09 bits per heavy atom. The zero-order valence-corrected chi connectivity index (χ0v) is 21.5. The maximum atomic E-state index is 14.7. The van der Waals surface area contributed by atoms with Crippen LogP contribution in [0.3, 0.4) is 0 Å². The number of ether oxygens (including phenoxy) is 1. The summed E-state index contributed by atoms with van der Waals surface area (Å²) in [5.41, 5.74) is 3.13. The van der Waals surface area contributed by atoms with E-state index in [9.17, 15) is 8.78 Å². The van der Waals surface area contributed by atoms with Gasteiger partial charge in [0.1, 0.15) is 40.1 Å². The fraction of sp³-hybridized carbons (Fsp3) is 0.111. The van der Waals surface area contributed by atoms with Crippen molar-refractivity contribution in [1.82, 2.24) is 14.8 Å². The second-order valence-electron chi connectivity index (χ2n) is 7.91. The van der Waals surface area contributed by atoms with Gasteiger partial charge in [-0.15, -0.1) is 0 Å². The van der Waals surface area contributed by atoms with Gasteiger partial charge in [-0.3, -0.25) is 4.68 Å². The number of nitrogens with zero attached hydrogens (tertiary/aromatic N) is 3. The molecule has 3 aromatic carbocycles. The minimum Gasteiger partial charge on any atom is -0.492 e. The Bertz CT molecular complexity index is 1330. The van der Waals surface area contributed by atoms with Crippen molar-refractivity contribution in [3.63, 3.8) is 0 Å². The molecule has 1 atom stereocenters. The summed E-state index contributed by atoms with van der Waals surface area (Å²) in [6.45, 7) is 4.55. The summed E-state index contributed by atoms with van der Waals surface area (Å²) >= 11 is 8.06. The standard InChI is InChI=1S/C27H21ClF2IN3O/c1-19(2-3-20-4-8-22(28)9-5-20)21-6-11-24(12-7-21)35-16-27(31,15-34-18-32-17-33-34)25-13-10-23(29)14-26(25)30/h2-14,17-18H,1,15-16H2/b3-2+. The Morgan fingerprint density at radius 3 is 2.49 bits per heavy atom. The number of rotatable bonds is 9. The molecule has 4 aromatic rings. The third-order valence-corrected chi connectivity index (χ3v) is 6.82. The van der Waals surface area contributed by atoms with Gasteiger partial charge in [0.15, 0.2) is 0 Å². The van der Waals surface area contributed by atoms with Crippen LogP contribution >= 0.6 is 34.2 Å². The Morgan fingerprint density at radius 2 is 1.83 bits per heavy atom. The van der Waals surface area contributed by atoms with Crippen molar-refractivity contribution in [2.24, 2.45) is 0 Å². The minimum absolute atomic E-state index is 0.132. The Hall–Kier alpha value is -3.04. The molecule has 0 aliphatic heterocycles. The van der Waals surface area contributed by atoms with Crippen LogP contribution in [0.1, 0.15) is 16.7 Å². The maximum absolute atomic E-state index is 14.7. The second kappa shape index (κ2) is 11.1. The highest BCUT2D eigenvalue weighted by Crippen LogP contribution is 2.36. The lowest BCUT2D eigenvalue weighted by molar-refractivity contribution is 0.258. The Labute approximate surface area is 221 Å². The molecule has 1 aromatic heterocycles. The molecule has 0 saturated heterocycles. The fourth-order valence-corrected chi connectivity index (χ4v) is 4.53. The van der Waals surface area contributed by atoms with Crippen LogP contribution in [-0.2, 0) is 9.97 Å². The first kappa shape index (κ1) is 25.1. The van der Waals surface area contributed by atoms with Crippen molar-refractivity contribution in [3.05, 3.63) is 125 Å². The molecule has 8 heteroatoms. The predicted molar refractivity (Wildman–Crippen MR) is 144 cm³/mol. The first-order valence-corrected chi connectivity index (χ1v) is 12.1. The molecule has 178 valence electrons. The van der Waals surface area contributed by atoms with Gasteiger partial charge in [0.25, 0.3) is 0 Å². The number of hydrogen-bond donors (Lipinski definition) is 0. The van der Waals surface area contributed by atoms with Crippen molar-refractivity contribution >= 4 is 45.8 Å². The Kier molecular flexibility index (Phi) is 7.97. The van der Waals surface area contributed by atoms with E-state index >= 15 is 0 Å². The molecule has 35 heavy (non-hydrogen) atoms. The molecular weight excluding hydrogens is 583 g/mol. The van der Waals surface area contributed by atoms with E-state index in [1.165, 1.54) is 18.5 Å². The highest BCUT2D eigenvalue weighted by Gasteiger charge is 2.34. The SMILES string of the molecule is C=C(/C=C/c1ccc(Cl)cc1)c1ccc(OCC(I)(Cn2cncn2)c2ccc(F)cc2F)cc1. The van der Waals surface area contributed by atoms with E-state index in [2.05, 4.69) is 39.3 Å². The molecule has 0 radical (unpaired) electrons. The maximum Gasteiger partial charge on any atom is 0.137 e. The van der Waals surface area contributed by atoms with Gasteiger partial charge in [-0.05, 0) is 47.0 Å². The van der Waals surface area contributed by atoms with Crippen LogP contribution in [0.5, 0.6) is 5.75 Å².